The molecule has 7 heteroatoms. The first-order valence-corrected chi connectivity index (χ1v) is 11.4. The maximum Gasteiger partial charge on any atom is 0.266 e. The summed E-state index contributed by atoms with van der Waals surface area (Å²) in [5.74, 6) is 0.671. The first-order valence-electron chi connectivity index (χ1n) is 9.03. The number of hydrogen-bond donors (Lipinski definition) is 0. The van der Waals surface area contributed by atoms with Gasteiger partial charge in [-0.1, -0.05) is 18.2 Å². The average Bonchev–Trinajstić information content (AvgIpc) is 3.25. The number of aryl methyl sites for hydroxylation is 1. The second-order valence-corrected chi connectivity index (χ2v) is 9.49. The summed E-state index contributed by atoms with van der Waals surface area (Å²) in [7, 11) is -2.27. The molecule has 0 atom stereocenters. The third-order valence-electron chi connectivity index (χ3n) is 4.62. The van der Waals surface area contributed by atoms with Crippen molar-refractivity contribution in [1.29, 1.82) is 0 Å². The number of sulfonamides is 1. The van der Waals surface area contributed by atoms with Gasteiger partial charge in [-0.2, -0.15) is 0 Å². The summed E-state index contributed by atoms with van der Waals surface area (Å²) in [5.41, 5.74) is 2.03. The monoisotopic (exact) mass is 424 g/mol. The fourth-order valence-electron chi connectivity index (χ4n) is 3.18. The summed E-state index contributed by atoms with van der Waals surface area (Å²) < 4.78 is 34.2. The van der Waals surface area contributed by atoms with E-state index in [1.807, 2.05) is 36.6 Å². The van der Waals surface area contributed by atoms with E-state index in [-0.39, 0.29) is 11.4 Å². The minimum atomic E-state index is -3.85. The highest BCUT2D eigenvalue weighted by molar-refractivity contribution is 7.93. The Morgan fingerprint density at radius 2 is 1.86 bits per heavy atom. The van der Waals surface area contributed by atoms with Crippen LogP contribution in [-0.2, 0) is 16.6 Å². The fourth-order valence-corrected chi connectivity index (χ4v) is 5.56. The lowest BCUT2D eigenvalue weighted by Crippen LogP contribution is -2.30. The largest absolute Gasteiger partial charge is 0.497 e. The number of methoxy groups -OCH3 is 1. The molecule has 0 N–H and O–H groups in total. The number of fused-ring (bicyclic) bond motifs is 1. The van der Waals surface area contributed by atoms with Gasteiger partial charge in [-0.3, -0.25) is 9.29 Å². The molecule has 2 aromatic heterocycles. The molecule has 0 bridgehead atoms. The fraction of sp³-hybridized carbons (Fsp3) is 0.136. The highest BCUT2D eigenvalue weighted by Gasteiger charge is 2.28. The highest BCUT2D eigenvalue weighted by atomic mass is 32.2. The maximum absolute atomic E-state index is 13.8. The number of pyridine rings is 1. The van der Waals surface area contributed by atoms with E-state index in [0.717, 1.165) is 15.8 Å². The van der Waals surface area contributed by atoms with E-state index in [0.29, 0.717) is 17.0 Å². The van der Waals surface area contributed by atoms with Crippen LogP contribution in [0.5, 0.6) is 5.75 Å². The molecular formula is C22H20N2O3S2. The molecule has 2 aromatic carbocycles. The van der Waals surface area contributed by atoms with E-state index in [1.165, 1.54) is 15.6 Å². The van der Waals surface area contributed by atoms with Crippen LogP contribution < -0.4 is 9.04 Å². The van der Waals surface area contributed by atoms with E-state index in [9.17, 15) is 8.42 Å². The number of rotatable bonds is 6. The van der Waals surface area contributed by atoms with Gasteiger partial charge in [-0.05, 0) is 60.3 Å². The zero-order chi connectivity index (χ0) is 20.4. The van der Waals surface area contributed by atoms with Crippen molar-refractivity contribution in [3.05, 3.63) is 82.7 Å². The average molecular weight is 425 g/mol. The molecule has 0 radical (unpaired) electrons. The molecule has 0 aliphatic rings. The van der Waals surface area contributed by atoms with Gasteiger partial charge in [-0.25, -0.2) is 8.42 Å². The zero-order valence-electron chi connectivity index (χ0n) is 16.1. The Balaban J connectivity index is 1.86. The maximum atomic E-state index is 13.8. The van der Waals surface area contributed by atoms with Crippen molar-refractivity contribution in [2.45, 2.75) is 18.4 Å². The van der Waals surface area contributed by atoms with Crippen molar-refractivity contribution in [2.24, 2.45) is 0 Å². The number of para-hydroxylation sites is 1. The molecule has 5 nitrogen and oxygen atoms in total. The van der Waals surface area contributed by atoms with Crippen LogP contribution in [0.15, 0.2) is 77.1 Å². The van der Waals surface area contributed by atoms with Gasteiger partial charge in [-0.15, -0.1) is 11.3 Å². The summed E-state index contributed by atoms with van der Waals surface area (Å²) in [4.78, 5) is 5.57. The summed E-state index contributed by atoms with van der Waals surface area (Å²) in [6, 6.07) is 18.1. The molecule has 4 rings (SSSR count). The second-order valence-electron chi connectivity index (χ2n) is 6.63. The van der Waals surface area contributed by atoms with Crippen molar-refractivity contribution in [3.8, 4) is 5.75 Å². The smallest absolute Gasteiger partial charge is 0.266 e. The molecule has 0 saturated heterocycles. The molecule has 4 aromatic rings. The summed E-state index contributed by atoms with van der Waals surface area (Å²) in [5, 5.41) is 2.74. The number of aromatic nitrogens is 1. The van der Waals surface area contributed by atoms with Crippen molar-refractivity contribution < 1.29 is 13.2 Å². The Hall–Kier alpha value is -2.90. The standard InChI is InChI=1S/C22H20N2O3S2/c1-16-13-17-5-3-7-21(22(17)23-14-16)29(25,26)24(15-20-6-4-12-28-20)18-8-10-19(27-2)11-9-18/h3-14H,15H2,1-2H3. The van der Waals surface area contributed by atoms with Gasteiger partial charge in [0.25, 0.3) is 10.0 Å². The van der Waals surface area contributed by atoms with Gasteiger partial charge in [0.1, 0.15) is 10.6 Å². The Morgan fingerprint density at radius 1 is 1.07 bits per heavy atom. The van der Waals surface area contributed by atoms with Crippen LogP contribution in [0, 0.1) is 6.92 Å². The van der Waals surface area contributed by atoms with Gasteiger partial charge < -0.3 is 4.74 Å². The molecule has 0 unspecified atom stereocenters. The number of ether oxygens (including phenoxy) is 1. The van der Waals surface area contributed by atoms with Crippen molar-refractivity contribution in [2.75, 3.05) is 11.4 Å². The molecular weight excluding hydrogens is 404 g/mol. The van der Waals surface area contributed by atoms with Crippen LogP contribution in [0.4, 0.5) is 5.69 Å². The van der Waals surface area contributed by atoms with Gasteiger partial charge in [0.05, 0.1) is 24.9 Å². The van der Waals surface area contributed by atoms with Crippen LogP contribution in [0.2, 0.25) is 0 Å². The zero-order valence-corrected chi connectivity index (χ0v) is 17.7. The molecule has 0 fully saturated rings. The SMILES string of the molecule is COc1ccc(N(Cc2cccs2)S(=O)(=O)c2cccc3cc(C)cnc23)cc1. The lowest BCUT2D eigenvalue weighted by atomic mass is 10.2. The summed E-state index contributed by atoms with van der Waals surface area (Å²) >= 11 is 1.52. The van der Waals surface area contributed by atoms with E-state index in [2.05, 4.69) is 4.98 Å². The van der Waals surface area contributed by atoms with Crippen molar-refractivity contribution in [3.63, 3.8) is 0 Å². The lowest BCUT2D eigenvalue weighted by molar-refractivity contribution is 0.415. The highest BCUT2D eigenvalue weighted by Crippen LogP contribution is 2.31. The van der Waals surface area contributed by atoms with Gasteiger partial charge in [0.2, 0.25) is 0 Å². The van der Waals surface area contributed by atoms with Crippen LogP contribution in [0.3, 0.4) is 0 Å². The minimum absolute atomic E-state index is 0.197. The summed E-state index contributed by atoms with van der Waals surface area (Å²) in [6.07, 6.45) is 1.69. The van der Waals surface area contributed by atoms with E-state index < -0.39 is 10.0 Å². The minimum Gasteiger partial charge on any atom is -0.497 e. The quantitative estimate of drug-likeness (QED) is 0.437. The van der Waals surface area contributed by atoms with Crippen molar-refractivity contribution >= 4 is 38.0 Å². The van der Waals surface area contributed by atoms with Gasteiger partial charge >= 0.3 is 0 Å². The number of benzene rings is 2. The molecule has 0 amide bonds. The predicted molar refractivity (Wildman–Crippen MR) is 117 cm³/mol. The van der Waals surface area contributed by atoms with Gasteiger partial charge in [0.15, 0.2) is 0 Å². The van der Waals surface area contributed by atoms with Crippen LogP contribution >= 0.6 is 11.3 Å². The Labute approximate surface area is 174 Å². The van der Waals surface area contributed by atoms with E-state index in [4.69, 9.17) is 4.74 Å². The van der Waals surface area contributed by atoms with Crippen molar-refractivity contribution in [1.82, 2.24) is 4.98 Å². The number of hydrogen-bond acceptors (Lipinski definition) is 5. The Bertz CT molecular complexity index is 1240. The number of thiophene rings is 1. The normalized spacial score (nSPS) is 11.5. The van der Waals surface area contributed by atoms with Crippen LogP contribution in [0.25, 0.3) is 10.9 Å². The molecule has 2 heterocycles. The third-order valence-corrected chi connectivity index (χ3v) is 7.29. The third kappa shape index (κ3) is 3.83. The molecule has 0 saturated carbocycles. The van der Waals surface area contributed by atoms with E-state index >= 15 is 0 Å². The van der Waals surface area contributed by atoms with Crippen LogP contribution in [-0.4, -0.2) is 20.5 Å². The second kappa shape index (κ2) is 7.85. The van der Waals surface area contributed by atoms with E-state index in [1.54, 1.807) is 49.7 Å². The Kier molecular flexibility index (Phi) is 5.25. The lowest BCUT2D eigenvalue weighted by Gasteiger charge is -2.24. The number of nitrogens with zero attached hydrogens (tertiary/aromatic N) is 2. The first kappa shape index (κ1) is 19.4. The summed E-state index contributed by atoms with van der Waals surface area (Å²) in [6.45, 7) is 2.18. The topological polar surface area (TPSA) is 59.5 Å². The molecule has 0 spiro atoms. The Morgan fingerprint density at radius 3 is 2.55 bits per heavy atom. The predicted octanol–water partition coefficient (Wildman–Crippen LogP) is 5.01. The molecule has 148 valence electrons. The molecule has 0 aliphatic carbocycles. The number of anilines is 1. The molecule has 0 aliphatic heterocycles. The molecule has 29 heavy (non-hydrogen) atoms. The van der Waals surface area contributed by atoms with Gasteiger partial charge in [0, 0.05) is 16.5 Å². The van der Waals surface area contributed by atoms with Crippen LogP contribution in [0.1, 0.15) is 10.4 Å². The first-order chi connectivity index (χ1) is 14.0.